The van der Waals surface area contributed by atoms with Crippen LogP contribution in [0.2, 0.25) is 0 Å². The first-order valence-corrected chi connectivity index (χ1v) is 7.14. The van der Waals surface area contributed by atoms with Crippen molar-refractivity contribution in [1.29, 1.82) is 5.26 Å². The molecule has 0 spiro atoms. The van der Waals surface area contributed by atoms with E-state index in [1.54, 1.807) is 12.1 Å². The molecule has 0 aromatic heterocycles. The van der Waals surface area contributed by atoms with Gasteiger partial charge in [-0.15, -0.1) is 0 Å². The lowest BCUT2D eigenvalue weighted by atomic mass is 10.1. The van der Waals surface area contributed by atoms with Crippen molar-refractivity contribution in [3.8, 4) is 6.07 Å². The summed E-state index contributed by atoms with van der Waals surface area (Å²) >= 11 is 0. The van der Waals surface area contributed by atoms with Gasteiger partial charge in [-0.3, -0.25) is 9.59 Å². The average Bonchev–Trinajstić information content (AvgIpc) is 2.52. The highest BCUT2D eigenvalue weighted by Gasteiger charge is 2.24. The Morgan fingerprint density at radius 2 is 2.00 bits per heavy atom. The molecule has 118 valence electrons. The number of nitriles is 1. The summed E-state index contributed by atoms with van der Waals surface area (Å²) in [4.78, 5) is 23.7. The second-order valence-electron chi connectivity index (χ2n) is 4.89. The lowest BCUT2D eigenvalue weighted by Gasteiger charge is -2.20. The Labute approximate surface area is 130 Å². The molecule has 2 amide bonds. The highest BCUT2D eigenvalue weighted by Crippen LogP contribution is 2.17. The lowest BCUT2D eigenvalue weighted by molar-refractivity contribution is -0.135. The topological polar surface area (TPSA) is 105 Å². The van der Waals surface area contributed by atoms with Crippen molar-refractivity contribution >= 4 is 11.8 Å². The van der Waals surface area contributed by atoms with Crippen molar-refractivity contribution in [1.82, 2.24) is 5.32 Å². The number of amides is 2. The van der Waals surface area contributed by atoms with Crippen LogP contribution < -0.4 is 11.1 Å². The molecular weight excluding hydrogens is 282 g/mol. The predicted octanol–water partition coefficient (Wildman–Crippen LogP) is 1.43. The molecule has 6 nitrogen and oxygen atoms in total. The average molecular weight is 303 g/mol. The summed E-state index contributed by atoms with van der Waals surface area (Å²) in [5.74, 6) is -0.994. The van der Waals surface area contributed by atoms with Gasteiger partial charge in [-0.05, 0) is 24.8 Å². The van der Waals surface area contributed by atoms with Crippen LogP contribution >= 0.6 is 0 Å². The Morgan fingerprint density at radius 1 is 1.32 bits per heavy atom. The summed E-state index contributed by atoms with van der Waals surface area (Å²) in [7, 11) is 1.43. The fourth-order valence-corrected chi connectivity index (χ4v) is 2.11. The highest BCUT2D eigenvalue weighted by molar-refractivity contribution is 5.89. The number of hydrogen-bond donors (Lipinski definition) is 2. The number of ether oxygens (including phenoxy) is 1. The minimum atomic E-state index is -0.790. The molecule has 0 bridgehead atoms. The summed E-state index contributed by atoms with van der Waals surface area (Å²) in [6.45, 7) is 0. The minimum Gasteiger partial charge on any atom is -0.368 e. The Bertz CT molecular complexity index is 525. The molecular formula is C16H21N3O3. The quantitative estimate of drug-likeness (QED) is 0.673. The number of nitrogens with two attached hydrogens (primary N) is 1. The monoisotopic (exact) mass is 303 g/mol. The van der Waals surface area contributed by atoms with E-state index in [-0.39, 0.29) is 0 Å². The van der Waals surface area contributed by atoms with Crippen molar-refractivity contribution in [2.75, 3.05) is 7.11 Å². The van der Waals surface area contributed by atoms with Crippen LogP contribution in [0, 0.1) is 11.3 Å². The fourth-order valence-electron chi connectivity index (χ4n) is 2.11. The van der Waals surface area contributed by atoms with Gasteiger partial charge in [-0.25, -0.2) is 0 Å². The molecule has 0 heterocycles. The molecule has 1 aromatic rings. The predicted molar refractivity (Wildman–Crippen MR) is 81.4 cm³/mol. The van der Waals surface area contributed by atoms with Gasteiger partial charge in [0.25, 0.3) is 5.91 Å². The van der Waals surface area contributed by atoms with E-state index in [0.717, 1.165) is 0 Å². The van der Waals surface area contributed by atoms with Crippen molar-refractivity contribution in [2.24, 2.45) is 5.73 Å². The highest BCUT2D eigenvalue weighted by atomic mass is 16.5. The van der Waals surface area contributed by atoms with Gasteiger partial charge in [-0.1, -0.05) is 30.3 Å². The summed E-state index contributed by atoms with van der Waals surface area (Å²) in [5, 5.41) is 11.1. The number of nitrogens with one attached hydrogen (secondary N) is 1. The lowest BCUT2D eigenvalue weighted by Crippen LogP contribution is -2.46. The number of nitrogens with zero attached hydrogens (tertiary/aromatic N) is 1. The number of methoxy groups -OCH3 is 1. The molecule has 3 N–H and O–H groups in total. The molecule has 0 unspecified atom stereocenters. The van der Waals surface area contributed by atoms with Crippen LogP contribution in [0.5, 0.6) is 0 Å². The van der Waals surface area contributed by atoms with Gasteiger partial charge in [0.15, 0.2) is 6.10 Å². The van der Waals surface area contributed by atoms with Gasteiger partial charge in [0.2, 0.25) is 5.91 Å². The van der Waals surface area contributed by atoms with Gasteiger partial charge in [-0.2, -0.15) is 5.26 Å². The molecule has 0 fully saturated rings. The molecule has 0 aliphatic carbocycles. The molecule has 0 radical (unpaired) electrons. The maximum atomic E-state index is 12.3. The van der Waals surface area contributed by atoms with Gasteiger partial charge >= 0.3 is 0 Å². The second kappa shape index (κ2) is 9.53. The number of carbonyl (C=O) groups is 2. The van der Waals surface area contributed by atoms with Gasteiger partial charge in [0.05, 0.1) is 6.07 Å². The fraction of sp³-hybridized carbons (Fsp3) is 0.438. The van der Waals surface area contributed by atoms with Crippen LogP contribution in [0.25, 0.3) is 0 Å². The third-order valence-electron chi connectivity index (χ3n) is 3.27. The zero-order valence-corrected chi connectivity index (χ0v) is 12.6. The Morgan fingerprint density at radius 3 is 2.55 bits per heavy atom. The maximum absolute atomic E-state index is 12.3. The Balaban J connectivity index is 2.65. The molecule has 2 atom stereocenters. The number of unbranched alkanes of at least 4 members (excludes halogenated alkanes) is 2. The molecule has 0 aliphatic rings. The summed E-state index contributed by atoms with van der Waals surface area (Å²) in [6, 6.07) is 10.3. The largest absolute Gasteiger partial charge is 0.368 e. The number of rotatable bonds is 9. The first kappa shape index (κ1) is 17.7. The summed E-state index contributed by atoms with van der Waals surface area (Å²) in [5.41, 5.74) is 6.02. The zero-order chi connectivity index (χ0) is 16.4. The van der Waals surface area contributed by atoms with E-state index in [1.165, 1.54) is 7.11 Å². The van der Waals surface area contributed by atoms with E-state index in [1.807, 2.05) is 24.3 Å². The van der Waals surface area contributed by atoms with Crippen LogP contribution in [0.3, 0.4) is 0 Å². The third-order valence-corrected chi connectivity index (χ3v) is 3.27. The Hall–Kier alpha value is -2.39. The third kappa shape index (κ3) is 5.54. The van der Waals surface area contributed by atoms with E-state index in [9.17, 15) is 9.59 Å². The first-order valence-electron chi connectivity index (χ1n) is 7.14. The van der Waals surface area contributed by atoms with Gasteiger partial charge < -0.3 is 15.8 Å². The van der Waals surface area contributed by atoms with E-state index < -0.39 is 24.0 Å². The molecule has 0 aliphatic heterocycles. The van der Waals surface area contributed by atoms with E-state index in [2.05, 4.69) is 5.32 Å². The maximum Gasteiger partial charge on any atom is 0.254 e. The number of hydrogen-bond acceptors (Lipinski definition) is 4. The number of carbonyl (C=O) groups excluding carboxylic acids is 2. The van der Waals surface area contributed by atoms with Crippen LogP contribution in [0.15, 0.2) is 30.3 Å². The summed E-state index contributed by atoms with van der Waals surface area (Å²) < 4.78 is 5.21. The van der Waals surface area contributed by atoms with Crippen molar-refractivity contribution in [3.63, 3.8) is 0 Å². The van der Waals surface area contributed by atoms with E-state index in [0.29, 0.717) is 31.2 Å². The van der Waals surface area contributed by atoms with Crippen LogP contribution in [0.1, 0.15) is 37.4 Å². The number of primary amides is 1. The van der Waals surface area contributed by atoms with Crippen LogP contribution in [-0.4, -0.2) is 25.0 Å². The van der Waals surface area contributed by atoms with Gasteiger partial charge in [0.1, 0.15) is 6.04 Å². The molecule has 22 heavy (non-hydrogen) atoms. The second-order valence-corrected chi connectivity index (χ2v) is 4.89. The normalized spacial score (nSPS) is 12.9. The molecule has 1 rings (SSSR count). The van der Waals surface area contributed by atoms with Crippen molar-refractivity contribution in [2.45, 2.75) is 37.8 Å². The standard InChI is InChI=1S/C16H21N3O3/c1-22-14(12-8-4-2-5-9-12)16(21)19-13(15(18)20)10-6-3-7-11-17/h2,4-5,8-9,13-14H,3,6-7,10H2,1H3,(H2,18,20)(H,19,21)/t13-,14-/m1/s1. The van der Waals surface area contributed by atoms with E-state index in [4.69, 9.17) is 15.7 Å². The molecule has 1 aromatic carbocycles. The first-order chi connectivity index (χ1) is 10.6. The zero-order valence-electron chi connectivity index (χ0n) is 12.6. The van der Waals surface area contributed by atoms with Crippen molar-refractivity contribution < 1.29 is 14.3 Å². The van der Waals surface area contributed by atoms with Gasteiger partial charge in [0, 0.05) is 13.5 Å². The van der Waals surface area contributed by atoms with Crippen molar-refractivity contribution in [3.05, 3.63) is 35.9 Å². The molecule has 6 heteroatoms. The number of benzene rings is 1. The summed E-state index contributed by atoms with van der Waals surface area (Å²) in [6.07, 6.45) is 1.35. The van der Waals surface area contributed by atoms with E-state index >= 15 is 0 Å². The van der Waals surface area contributed by atoms with Crippen LogP contribution in [0.4, 0.5) is 0 Å². The Kier molecular flexibility index (Phi) is 7.65. The molecule has 0 saturated carbocycles. The molecule has 0 saturated heterocycles. The van der Waals surface area contributed by atoms with Crippen LogP contribution in [-0.2, 0) is 14.3 Å². The minimum absolute atomic E-state index is 0.405. The smallest absolute Gasteiger partial charge is 0.254 e. The SMILES string of the molecule is CO[C@@H](C(=O)N[C@H](CCCCC#N)C(N)=O)c1ccccc1.